The molecule has 16 heavy (non-hydrogen) atoms. The minimum atomic E-state index is 0.145. The summed E-state index contributed by atoms with van der Waals surface area (Å²) < 4.78 is 7.83. The van der Waals surface area contributed by atoms with Crippen LogP contribution >= 0.6 is 0 Å². The van der Waals surface area contributed by atoms with Crippen molar-refractivity contribution < 1.29 is 9.53 Å². The molecule has 1 aliphatic heterocycles. The molecule has 0 saturated carbocycles. The van der Waals surface area contributed by atoms with Gasteiger partial charge < -0.3 is 9.30 Å². The molecule has 2 rings (SSSR count). The van der Waals surface area contributed by atoms with Gasteiger partial charge in [0.1, 0.15) is 0 Å². The molecule has 1 fully saturated rings. The Morgan fingerprint density at radius 1 is 1.56 bits per heavy atom. The topological polar surface area (TPSA) is 31.2 Å². The van der Waals surface area contributed by atoms with Crippen molar-refractivity contribution in [3.63, 3.8) is 0 Å². The van der Waals surface area contributed by atoms with E-state index in [1.807, 2.05) is 19.9 Å². The van der Waals surface area contributed by atoms with Crippen LogP contribution in [0.5, 0.6) is 0 Å². The summed E-state index contributed by atoms with van der Waals surface area (Å²) in [6, 6.07) is 1.98. The average molecular weight is 221 g/mol. The number of ether oxygens (including phenoxy) is 1. The van der Waals surface area contributed by atoms with Gasteiger partial charge in [0.15, 0.2) is 5.78 Å². The monoisotopic (exact) mass is 221 g/mol. The second kappa shape index (κ2) is 4.42. The molecule has 1 aromatic heterocycles. The Morgan fingerprint density at radius 2 is 2.31 bits per heavy atom. The molecule has 1 saturated heterocycles. The van der Waals surface area contributed by atoms with Crippen molar-refractivity contribution in [2.24, 2.45) is 0 Å². The minimum absolute atomic E-state index is 0.145. The number of carbonyl (C=O) groups excluding carboxylic acids is 1. The molecule has 0 aliphatic carbocycles. The highest BCUT2D eigenvalue weighted by Gasteiger charge is 2.19. The van der Waals surface area contributed by atoms with Gasteiger partial charge in [0, 0.05) is 30.1 Å². The number of aryl methyl sites for hydroxylation is 1. The van der Waals surface area contributed by atoms with Crippen molar-refractivity contribution in [1.29, 1.82) is 0 Å². The third-order valence-corrected chi connectivity index (χ3v) is 3.36. The zero-order chi connectivity index (χ0) is 11.7. The molecule has 1 unspecified atom stereocenters. The van der Waals surface area contributed by atoms with Crippen LogP contribution in [0, 0.1) is 13.8 Å². The van der Waals surface area contributed by atoms with Gasteiger partial charge in [0.05, 0.1) is 6.10 Å². The Bertz CT molecular complexity index is 400. The lowest BCUT2D eigenvalue weighted by Gasteiger charge is -2.14. The summed E-state index contributed by atoms with van der Waals surface area (Å²) in [4.78, 5) is 11.4. The molecule has 0 aromatic carbocycles. The Balaban J connectivity index is 2.22. The number of carbonyl (C=O) groups is 1. The Morgan fingerprint density at radius 3 is 2.81 bits per heavy atom. The van der Waals surface area contributed by atoms with Gasteiger partial charge in [-0.2, -0.15) is 0 Å². The standard InChI is InChI=1S/C13H19NO2/c1-9-7-13(11(3)15)10(2)14(9)8-12-5-4-6-16-12/h7,12H,4-6,8H2,1-3H3. The molecule has 88 valence electrons. The van der Waals surface area contributed by atoms with E-state index < -0.39 is 0 Å². The van der Waals surface area contributed by atoms with E-state index in [2.05, 4.69) is 4.57 Å². The predicted octanol–water partition coefficient (Wildman–Crippen LogP) is 2.49. The molecule has 3 heteroatoms. The molecular weight excluding hydrogens is 202 g/mol. The maximum atomic E-state index is 11.4. The lowest BCUT2D eigenvalue weighted by molar-refractivity contribution is 0.0956. The molecule has 1 aliphatic rings. The van der Waals surface area contributed by atoms with Gasteiger partial charge in [-0.15, -0.1) is 0 Å². The molecule has 0 bridgehead atoms. The van der Waals surface area contributed by atoms with E-state index >= 15 is 0 Å². The lowest BCUT2D eigenvalue weighted by Crippen LogP contribution is -2.17. The quantitative estimate of drug-likeness (QED) is 0.734. The molecular formula is C13H19NO2. The van der Waals surface area contributed by atoms with Crippen molar-refractivity contribution in [3.05, 3.63) is 23.0 Å². The fourth-order valence-electron chi connectivity index (χ4n) is 2.43. The van der Waals surface area contributed by atoms with Crippen LogP contribution in [-0.2, 0) is 11.3 Å². The van der Waals surface area contributed by atoms with Crippen LogP contribution in [0.2, 0.25) is 0 Å². The molecule has 3 nitrogen and oxygen atoms in total. The maximum absolute atomic E-state index is 11.4. The first kappa shape index (κ1) is 11.4. The van der Waals surface area contributed by atoms with Gasteiger partial charge in [-0.25, -0.2) is 0 Å². The highest BCUT2D eigenvalue weighted by molar-refractivity contribution is 5.95. The van der Waals surface area contributed by atoms with Crippen LogP contribution in [0.25, 0.3) is 0 Å². The molecule has 0 amide bonds. The second-order valence-electron chi connectivity index (χ2n) is 4.59. The number of hydrogen-bond donors (Lipinski definition) is 0. The Hall–Kier alpha value is -1.09. The summed E-state index contributed by atoms with van der Waals surface area (Å²) in [5, 5.41) is 0. The van der Waals surface area contributed by atoms with Crippen LogP contribution in [0.4, 0.5) is 0 Å². The van der Waals surface area contributed by atoms with Crippen molar-refractivity contribution in [3.8, 4) is 0 Å². The number of rotatable bonds is 3. The van der Waals surface area contributed by atoms with Crippen molar-refractivity contribution in [2.45, 2.75) is 46.3 Å². The van der Waals surface area contributed by atoms with Gasteiger partial charge in [-0.1, -0.05) is 0 Å². The summed E-state index contributed by atoms with van der Waals surface area (Å²) in [5.74, 6) is 0.145. The fourth-order valence-corrected chi connectivity index (χ4v) is 2.43. The number of aromatic nitrogens is 1. The van der Waals surface area contributed by atoms with Crippen LogP contribution in [0.3, 0.4) is 0 Å². The molecule has 0 N–H and O–H groups in total. The molecule has 0 radical (unpaired) electrons. The first-order valence-corrected chi connectivity index (χ1v) is 5.89. The highest BCUT2D eigenvalue weighted by Crippen LogP contribution is 2.20. The predicted molar refractivity (Wildman–Crippen MR) is 62.9 cm³/mol. The average Bonchev–Trinajstić information content (AvgIpc) is 2.81. The van der Waals surface area contributed by atoms with Crippen molar-refractivity contribution >= 4 is 5.78 Å². The van der Waals surface area contributed by atoms with Crippen molar-refractivity contribution in [2.75, 3.05) is 6.61 Å². The van der Waals surface area contributed by atoms with Gasteiger partial charge in [0.2, 0.25) is 0 Å². The third kappa shape index (κ3) is 2.05. The molecule has 1 aromatic rings. The van der Waals surface area contributed by atoms with E-state index in [0.717, 1.165) is 42.9 Å². The highest BCUT2D eigenvalue weighted by atomic mass is 16.5. The van der Waals surface area contributed by atoms with Gasteiger partial charge in [0.25, 0.3) is 0 Å². The van der Waals surface area contributed by atoms with Crippen LogP contribution < -0.4 is 0 Å². The van der Waals surface area contributed by atoms with E-state index in [1.165, 1.54) is 0 Å². The van der Waals surface area contributed by atoms with Gasteiger partial charge >= 0.3 is 0 Å². The second-order valence-corrected chi connectivity index (χ2v) is 4.59. The van der Waals surface area contributed by atoms with Crippen LogP contribution in [0.1, 0.15) is 41.5 Å². The number of hydrogen-bond acceptors (Lipinski definition) is 2. The number of Topliss-reactive ketones (excluding diaryl/α,β-unsaturated/α-hetero) is 1. The summed E-state index contributed by atoms with van der Waals surface area (Å²) in [6.07, 6.45) is 2.61. The molecule has 1 atom stereocenters. The zero-order valence-electron chi connectivity index (χ0n) is 10.2. The Labute approximate surface area is 96.4 Å². The van der Waals surface area contributed by atoms with Crippen molar-refractivity contribution in [1.82, 2.24) is 4.57 Å². The summed E-state index contributed by atoms with van der Waals surface area (Å²) in [7, 11) is 0. The summed E-state index contributed by atoms with van der Waals surface area (Å²) >= 11 is 0. The summed E-state index contributed by atoms with van der Waals surface area (Å²) in [6.45, 7) is 7.44. The van der Waals surface area contributed by atoms with E-state index in [4.69, 9.17) is 4.74 Å². The SMILES string of the molecule is CC(=O)c1cc(C)n(CC2CCCO2)c1C. The zero-order valence-corrected chi connectivity index (χ0v) is 10.2. The first-order valence-electron chi connectivity index (χ1n) is 5.89. The first-order chi connectivity index (χ1) is 7.59. The van der Waals surface area contributed by atoms with E-state index in [1.54, 1.807) is 6.92 Å². The normalized spacial score (nSPS) is 20.3. The fraction of sp³-hybridized carbons (Fsp3) is 0.615. The van der Waals surface area contributed by atoms with E-state index in [9.17, 15) is 4.79 Å². The number of ketones is 1. The minimum Gasteiger partial charge on any atom is -0.376 e. The maximum Gasteiger partial charge on any atom is 0.161 e. The Kier molecular flexibility index (Phi) is 3.15. The lowest BCUT2D eigenvalue weighted by atomic mass is 10.2. The number of nitrogens with zero attached hydrogens (tertiary/aromatic N) is 1. The van der Waals surface area contributed by atoms with Gasteiger partial charge in [-0.05, 0) is 39.7 Å². The molecule has 0 spiro atoms. The van der Waals surface area contributed by atoms with Crippen LogP contribution in [-0.4, -0.2) is 23.1 Å². The van der Waals surface area contributed by atoms with E-state index in [0.29, 0.717) is 6.10 Å². The largest absolute Gasteiger partial charge is 0.376 e. The summed E-state index contributed by atoms with van der Waals surface area (Å²) in [5.41, 5.74) is 3.06. The van der Waals surface area contributed by atoms with E-state index in [-0.39, 0.29) is 5.78 Å². The molecule has 2 heterocycles. The van der Waals surface area contributed by atoms with Gasteiger partial charge in [-0.3, -0.25) is 4.79 Å². The smallest absolute Gasteiger partial charge is 0.161 e. The third-order valence-electron chi connectivity index (χ3n) is 3.36. The van der Waals surface area contributed by atoms with Crippen LogP contribution in [0.15, 0.2) is 6.07 Å².